The Morgan fingerprint density at radius 2 is 2.04 bits per heavy atom. The zero-order chi connectivity index (χ0) is 16.8. The summed E-state index contributed by atoms with van der Waals surface area (Å²) >= 11 is 0. The minimum absolute atomic E-state index is 0.0383. The van der Waals surface area contributed by atoms with Crippen LogP contribution in [0.4, 0.5) is 11.4 Å². The predicted molar refractivity (Wildman–Crippen MR) is 92.5 cm³/mol. The van der Waals surface area contributed by atoms with Crippen LogP contribution in [0.25, 0.3) is 5.57 Å². The number of aliphatic hydroxyl groups is 1. The maximum absolute atomic E-state index is 12.3. The van der Waals surface area contributed by atoms with Gasteiger partial charge in [0.15, 0.2) is 0 Å². The Kier molecular flexibility index (Phi) is 3.32. The van der Waals surface area contributed by atoms with Crippen molar-refractivity contribution in [3.05, 3.63) is 59.2 Å². The summed E-state index contributed by atoms with van der Waals surface area (Å²) in [6.45, 7) is 0. The highest BCUT2D eigenvalue weighted by Gasteiger charge is 2.30. The lowest BCUT2D eigenvalue weighted by Gasteiger charge is -2.28. The number of nitrogens with one attached hydrogen (secondary N) is 1. The van der Waals surface area contributed by atoms with E-state index >= 15 is 0 Å². The number of aromatic hydroxyl groups is 1. The zero-order valence-electron chi connectivity index (χ0n) is 13.0. The van der Waals surface area contributed by atoms with Gasteiger partial charge in [-0.05, 0) is 42.7 Å². The lowest BCUT2D eigenvalue weighted by atomic mass is 9.79. The van der Waals surface area contributed by atoms with Gasteiger partial charge in [0.05, 0.1) is 6.10 Å². The predicted octanol–water partition coefficient (Wildman–Crippen LogP) is 2.92. The Morgan fingerprint density at radius 1 is 1.21 bits per heavy atom. The van der Waals surface area contributed by atoms with Crippen LogP contribution in [0.15, 0.2) is 42.5 Å². The average Bonchev–Trinajstić information content (AvgIpc) is 2.85. The normalized spacial score (nSPS) is 23.7. The van der Waals surface area contributed by atoms with E-state index in [4.69, 9.17) is 5.73 Å². The Labute approximate surface area is 139 Å². The van der Waals surface area contributed by atoms with Crippen LogP contribution < -0.4 is 11.1 Å². The van der Waals surface area contributed by atoms with Crippen LogP contribution in [0, 0.1) is 0 Å². The number of amides is 1. The lowest BCUT2D eigenvalue weighted by Crippen LogP contribution is -2.14. The highest BCUT2D eigenvalue weighted by atomic mass is 16.3. The molecule has 1 heterocycles. The van der Waals surface area contributed by atoms with Crippen LogP contribution in [-0.4, -0.2) is 16.1 Å². The Balaban J connectivity index is 1.81. The molecule has 24 heavy (non-hydrogen) atoms. The summed E-state index contributed by atoms with van der Waals surface area (Å²) in [6, 6.07) is 10.6. The zero-order valence-corrected chi connectivity index (χ0v) is 13.0. The first kappa shape index (κ1) is 14.8. The fourth-order valence-corrected chi connectivity index (χ4v) is 3.64. The smallest absolute Gasteiger partial charge is 0.256 e. The number of aliphatic hydroxyl groups excluding tert-OH is 1. The van der Waals surface area contributed by atoms with E-state index in [1.165, 1.54) is 0 Å². The third-order valence-electron chi connectivity index (χ3n) is 4.80. The number of allylic oxidation sites excluding steroid dienone is 1. The summed E-state index contributed by atoms with van der Waals surface area (Å²) in [6.07, 6.45) is 2.51. The van der Waals surface area contributed by atoms with Gasteiger partial charge in [0.1, 0.15) is 5.75 Å². The van der Waals surface area contributed by atoms with E-state index < -0.39 is 6.10 Å². The third kappa shape index (κ3) is 2.25. The molecular weight excluding hydrogens is 304 g/mol. The van der Waals surface area contributed by atoms with Crippen molar-refractivity contribution in [3.8, 4) is 5.75 Å². The highest BCUT2D eigenvalue weighted by Crippen LogP contribution is 2.44. The van der Waals surface area contributed by atoms with Gasteiger partial charge in [0, 0.05) is 34.0 Å². The number of nitrogens with two attached hydrogens (primary N) is 1. The van der Waals surface area contributed by atoms with Gasteiger partial charge in [0.2, 0.25) is 0 Å². The van der Waals surface area contributed by atoms with Crippen LogP contribution in [0.5, 0.6) is 5.75 Å². The first-order valence-electron chi connectivity index (χ1n) is 7.97. The van der Waals surface area contributed by atoms with Crippen molar-refractivity contribution in [1.29, 1.82) is 0 Å². The van der Waals surface area contributed by atoms with Crippen molar-refractivity contribution in [3.63, 3.8) is 0 Å². The van der Waals surface area contributed by atoms with Gasteiger partial charge < -0.3 is 21.3 Å². The SMILES string of the molecule is Nc1ccc2c(c1)C(=CC1CCC(O)c3c(O)cccc31)C(=O)N2. The van der Waals surface area contributed by atoms with Crippen LogP contribution in [0.1, 0.15) is 41.6 Å². The maximum Gasteiger partial charge on any atom is 0.256 e. The van der Waals surface area contributed by atoms with Gasteiger partial charge in [-0.15, -0.1) is 0 Å². The monoisotopic (exact) mass is 322 g/mol. The van der Waals surface area contributed by atoms with E-state index in [0.717, 1.165) is 16.8 Å². The van der Waals surface area contributed by atoms with Crippen LogP contribution in [0.2, 0.25) is 0 Å². The van der Waals surface area contributed by atoms with Crippen molar-refractivity contribution < 1.29 is 15.0 Å². The molecule has 5 N–H and O–H groups in total. The molecule has 4 rings (SSSR count). The molecule has 2 aromatic rings. The summed E-state index contributed by atoms with van der Waals surface area (Å²) in [7, 11) is 0. The lowest BCUT2D eigenvalue weighted by molar-refractivity contribution is -0.110. The Hall–Kier alpha value is -2.79. The fourth-order valence-electron chi connectivity index (χ4n) is 3.64. The van der Waals surface area contributed by atoms with Crippen LogP contribution in [0.3, 0.4) is 0 Å². The molecule has 0 saturated carbocycles. The quantitative estimate of drug-likeness (QED) is 0.479. The molecule has 0 radical (unpaired) electrons. The molecule has 0 fully saturated rings. The molecule has 122 valence electrons. The minimum Gasteiger partial charge on any atom is -0.508 e. The number of hydrogen-bond donors (Lipinski definition) is 4. The molecule has 5 nitrogen and oxygen atoms in total. The summed E-state index contributed by atoms with van der Waals surface area (Å²) in [5, 5.41) is 23.1. The number of carbonyl (C=O) groups is 1. The number of nitrogen functional groups attached to an aromatic ring is 1. The molecule has 0 bridgehead atoms. The summed E-state index contributed by atoms with van der Waals surface area (Å²) < 4.78 is 0. The summed E-state index contributed by atoms with van der Waals surface area (Å²) in [4.78, 5) is 12.3. The Bertz CT molecular complexity index is 873. The summed E-state index contributed by atoms with van der Waals surface area (Å²) in [5.74, 6) is -0.0873. The second kappa shape index (κ2) is 5.39. The molecule has 0 saturated heterocycles. The fraction of sp³-hybridized carbons (Fsp3) is 0.211. The molecule has 2 unspecified atom stereocenters. The number of anilines is 2. The topological polar surface area (TPSA) is 95.6 Å². The van der Waals surface area contributed by atoms with Crippen LogP contribution in [-0.2, 0) is 4.79 Å². The maximum atomic E-state index is 12.3. The highest BCUT2D eigenvalue weighted by molar-refractivity contribution is 6.31. The number of phenolic OH excluding ortho intramolecular Hbond substituents is 1. The first-order chi connectivity index (χ1) is 11.5. The van der Waals surface area contributed by atoms with Gasteiger partial charge in [0.25, 0.3) is 5.91 Å². The van der Waals surface area contributed by atoms with Crippen molar-refractivity contribution in [2.75, 3.05) is 11.1 Å². The molecule has 2 aliphatic rings. The summed E-state index contributed by atoms with van der Waals surface area (Å²) in [5.41, 5.74) is 10.0. The van der Waals surface area contributed by atoms with Gasteiger partial charge in [-0.25, -0.2) is 0 Å². The van der Waals surface area contributed by atoms with Gasteiger partial charge in [-0.1, -0.05) is 18.2 Å². The molecule has 1 aliphatic heterocycles. The number of hydrogen-bond acceptors (Lipinski definition) is 4. The van der Waals surface area contributed by atoms with Crippen molar-refractivity contribution in [1.82, 2.24) is 0 Å². The second-order valence-corrected chi connectivity index (χ2v) is 6.32. The van der Waals surface area contributed by atoms with Gasteiger partial charge >= 0.3 is 0 Å². The molecule has 0 aromatic heterocycles. The molecule has 2 aromatic carbocycles. The van der Waals surface area contributed by atoms with Gasteiger partial charge in [-0.3, -0.25) is 4.79 Å². The number of carbonyl (C=O) groups excluding carboxylic acids is 1. The number of benzene rings is 2. The standard InChI is InChI=1S/C19H18N2O3/c20-11-5-6-15-13(9-11)14(19(24)21-15)8-10-4-7-17(23)18-12(10)2-1-3-16(18)22/h1-3,5-6,8-10,17,22-23H,4,7,20H2,(H,21,24). The van der Waals surface area contributed by atoms with E-state index in [0.29, 0.717) is 29.7 Å². The van der Waals surface area contributed by atoms with Crippen molar-refractivity contribution >= 4 is 22.9 Å². The van der Waals surface area contributed by atoms with E-state index in [-0.39, 0.29) is 17.6 Å². The average molecular weight is 322 g/mol. The largest absolute Gasteiger partial charge is 0.508 e. The number of fused-ring (bicyclic) bond motifs is 2. The van der Waals surface area contributed by atoms with Crippen molar-refractivity contribution in [2.24, 2.45) is 0 Å². The van der Waals surface area contributed by atoms with E-state index in [2.05, 4.69) is 5.32 Å². The van der Waals surface area contributed by atoms with Gasteiger partial charge in [-0.2, -0.15) is 0 Å². The van der Waals surface area contributed by atoms with Crippen molar-refractivity contribution in [2.45, 2.75) is 24.9 Å². The molecule has 1 amide bonds. The molecule has 1 aliphatic carbocycles. The number of rotatable bonds is 1. The minimum atomic E-state index is -0.670. The Morgan fingerprint density at radius 3 is 2.88 bits per heavy atom. The third-order valence-corrected chi connectivity index (χ3v) is 4.80. The second-order valence-electron chi connectivity index (χ2n) is 6.32. The molecular formula is C19H18N2O3. The molecule has 2 atom stereocenters. The van der Waals surface area contributed by atoms with E-state index in [1.807, 2.05) is 12.1 Å². The van der Waals surface area contributed by atoms with E-state index in [1.54, 1.807) is 30.3 Å². The molecule has 0 spiro atoms. The number of phenols is 1. The van der Waals surface area contributed by atoms with Crippen LogP contribution >= 0.6 is 0 Å². The molecule has 5 heteroatoms. The first-order valence-corrected chi connectivity index (χ1v) is 7.97. The van der Waals surface area contributed by atoms with E-state index in [9.17, 15) is 15.0 Å².